The van der Waals surface area contributed by atoms with Crippen LogP contribution >= 0.6 is 0 Å². The Morgan fingerprint density at radius 1 is 1.22 bits per heavy atom. The van der Waals surface area contributed by atoms with E-state index in [2.05, 4.69) is 0 Å². The number of benzene rings is 1. The Morgan fingerprint density at radius 2 is 1.72 bits per heavy atom. The number of nitrogens with two attached hydrogens (primary N) is 1. The summed E-state index contributed by atoms with van der Waals surface area (Å²) in [5, 5.41) is 9.66. The maximum atomic E-state index is 12.4. The highest BCUT2D eigenvalue weighted by Gasteiger charge is 2.31. The Bertz CT molecular complexity index is 386. The van der Waals surface area contributed by atoms with Gasteiger partial charge in [0.2, 0.25) is 0 Å². The SMILES string of the molecule is CC(O)C(C)(CN)Cc1ccc(C(F)(F)F)cc1. The molecule has 1 aromatic rings. The van der Waals surface area contributed by atoms with Crippen LogP contribution in [0, 0.1) is 5.41 Å². The summed E-state index contributed by atoms with van der Waals surface area (Å²) < 4.78 is 37.2. The molecule has 0 radical (unpaired) electrons. The summed E-state index contributed by atoms with van der Waals surface area (Å²) in [6, 6.07) is 4.96. The zero-order chi connectivity index (χ0) is 14.0. The number of halogens is 3. The molecule has 18 heavy (non-hydrogen) atoms. The Labute approximate surface area is 105 Å². The van der Waals surface area contributed by atoms with Gasteiger partial charge in [-0.05, 0) is 31.0 Å². The summed E-state index contributed by atoms with van der Waals surface area (Å²) in [6.07, 6.45) is -4.50. The van der Waals surface area contributed by atoms with Crippen molar-refractivity contribution in [1.29, 1.82) is 0 Å². The molecule has 0 aliphatic carbocycles. The largest absolute Gasteiger partial charge is 0.416 e. The number of hydrogen-bond acceptors (Lipinski definition) is 2. The zero-order valence-corrected chi connectivity index (χ0v) is 10.5. The van der Waals surface area contributed by atoms with Crippen LogP contribution in [0.5, 0.6) is 0 Å². The van der Waals surface area contributed by atoms with Crippen LogP contribution in [0.1, 0.15) is 25.0 Å². The van der Waals surface area contributed by atoms with Crippen LogP contribution in [0.25, 0.3) is 0 Å². The lowest BCUT2D eigenvalue weighted by Crippen LogP contribution is -2.39. The molecule has 1 aromatic carbocycles. The van der Waals surface area contributed by atoms with Gasteiger partial charge in [0.25, 0.3) is 0 Å². The quantitative estimate of drug-likeness (QED) is 0.875. The van der Waals surface area contributed by atoms with Gasteiger partial charge in [0.15, 0.2) is 0 Å². The summed E-state index contributed by atoms with van der Waals surface area (Å²) in [5.41, 5.74) is 5.15. The molecule has 1 rings (SSSR count). The Hall–Kier alpha value is -1.07. The van der Waals surface area contributed by atoms with Gasteiger partial charge < -0.3 is 10.8 Å². The maximum Gasteiger partial charge on any atom is 0.416 e. The fourth-order valence-electron chi connectivity index (χ4n) is 1.67. The Balaban J connectivity index is 2.87. The first-order valence-electron chi connectivity index (χ1n) is 5.73. The van der Waals surface area contributed by atoms with E-state index in [4.69, 9.17) is 5.73 Å². The van der Waals surface area contributed by atoms with E-state index in [0.717, 1.165) is 17.7 Å². The third-order valence-corrected chi connectivity index (χ3v) is 3.36. The van der Waals surface area contributed by atoms with E-state index < -0.39 is 23.3 Å². The Morgan fingerprint density at radius 3 is 2.06 bits per heavy atom. The zero-order valence-electron chi connectivity index (χ0n) is 10.5. The minimum absolute atomic E-state index is 0.270. The molecule has 0 amide bonds. The smallest absolute Gasteiger partial charge is 0.393 e. The van der Waals surface area contributed by atoms with E-state index in [9.17, 15) is 18.3 Å². The molecule has 2 nitrogen and oxygen atoms in total. The van der Waals surface area contributed by atoms with E-state index in [0.29, 0.717) is 6.42 Å². The predicted octanol–water partition coefficient (Wildman–Crippen LogP) is 2.59. The third-order valence-electron chi connectivity index (χ3n) is 3.36. The molecule has 102 valence electrons. The van der Waals surface area contributed by atoms with Crippen molar-refractivity contribution in [2.45, 2.75) is 32.5 Å². The fraction of sp³-hybridized carbons (Fsp3) is 0.538. The molecule has 0 aliphatic heterocycles. The van der Waals surface area contributed by atoms with Crippen molar-refractivity contribution in [2.75, 3.05) is 6.54 Å². The number of alkyl halides is 3. The van der Waals surface area contributed by atoms with Crippen molar-refractivity contribution in [1.82, 2.24) is 0 Å². The molecule has 0 spiro atoms. The summed E-state index contributed by atoms with van der Waals surface area (Å²) in [6.45, 7) is 3.72. The van der Waals surface area contributed by atoms with Crippen LogP contribution in [0.4, 0.5) is 13.2 Å². The number of aliphatic hydroxyl groups is 1. The molecule has 0 saturated carbocycles. The summed E-state index contributed by atoms with van der Waals surface area (Å²) in [4.78, 5) is 0. The molecule has 0 bridgehead atoms. The van der Waals surface area contributed by atoms with Crippen molar-refractivity contribution >= 4 is 0 Å². The average Bonchev–Trinajstić information content (AvgIpc) is 2.28. The van der Waals surface area contributed by atoms with Crippen molar-refractivity contribution in [3.63, 3.8) is 0 Å². The highest BCUT2D eigenvalue weighted by Crippen LogP contribution is 2.31. The number of rotatable bonds is 4. The van der Waals surface area contributed by atoms with Crippen molar-refractivity contribution < 1.29 is 18.3 Å². The minimum atomic E-state index is -4.32. The van der Waals surface area contributed by atoms with Crippen LogP contribution in [0.15, 0.2) is 24.3 Å². The summed E-state index contributed by atoms with van der Waals surface area (Å²) in [5.74, 6) is 0. The van der Waals surface area contributed by atoms with Gasteiger partial charge in [0.1, 0.15) is 0 Å². The van der Waals surface area contributed by atoms with Gasteiger partial charge in [-0.15, -0.1) is 0 Å². The second-order valence-electron chi connectivity index (χ2n) is 4.91. The van der Waals surface area contributed by atoms with Gasteiger partial charge in [-0.3, -0.25) is 0 Å². The van der Waals surface area contributed by atoms with Gasteiger partial charge in [-0.25, -0.2) is 0 Å². The molecule has 0 saturated heterocycles. The first-order chi connectivity index (χ1) is 8.19. The number of hydrogen-bond donors (Lipinski definition) is 2. The first kappa shape index (κ1) is 15.0. The first-order valence-corrected chi connectivity index (χ1v) is 5.73. The third kappa shape index (κ3) is 3.46. The van der Waals surface area contributed by atoms with E-state index in [1.807, 2.05) is 6.92 Å². The van der Waals surface area contributed by atoms with Gasteiger partial charge >= 0.3 is 6.18 Å². The van der Waals surface area contributed by atoms with E-state index in [1.54, 1.807) is 6.92 Å². The topological polar surface area (TPSA) is 46.2 Å². The van der Waals surface area contributed by atoms with E-state index in [1.165, 1.54) is 12.1 Å². The molecule has 0 aliphatic rings. The molecular weight excluding hydrogens is 243 g/mol. The molecule has 0 fully saturated rings. The van der Waals surface area contributed by atoms with Crippen LogP contribution < -0.4 is 5.73 Å². The highest BCUT2D eigenvalue weighted by molar-refractivity contribution is 5.25. The van der Waals surface area contributed by atoms with Gasteiger partial charge in [0, 0.05) is 12.0 Å². The fourth-order valence-corrected chi connectivity index (χ4v) is 1.67. The molecular formula is C13H18F3NO. The van der Waals surface area contributed by atoms with Crippen LogP contribution in [-0.4, -0.2) is 17.8 Å². The van der Waals surface area contributed by atoms with Crippen LogP contribution in [0.3, 0.4) is 0 Å². The second-order valence-corrected chi connectivity index (χ2v) is 4.91. The maximum absolute atomic E-state index is 12.4. The second kappa shape index (κ2) is 5.28. The number of aliphatic hydroxyl groups excluding tert-OH is 1. The molecule has 5 heteroatoms. The van der Waals surface area contributed by atoms with Gasteiger partial charge in [0.05, 0.1) is 11.7 Å². The normalized spacial score (nSPS) is 17.3. The van der Waals surface area contributed by atoms with Gasteiger partial charge in [-0.2, -0.15) is 13.2 Å². The molecule has 0 heterocycles. The van der Waals surface area contributed by atoms with Crippen molar-refractivity contribution in [2.24, 2.45) is 11.1 Å². The standard InChI is InChI=1S/C13H18F3NO/c1-9(18)12(2,8-17)7-10-3-5-11(6-4-10)13(14,15)16/h3-6,9,18H,7-8,17H2,1-2H3. The molecule has 0 aromatic heterocycles. The monoisotopic (exact) mass is 261 g/mol. The van der Waals surface area contributed by atoms with Gasteiger partial charge in [-0.1, -0.05) is 19.1 Å². The average molecular weight is 261 g/mol. The summed E-state index contributed by atoms with van der Waals surface area (Å²) >= 11 is 0. The molecule has 2 unspecified atom stereocenters. The lowest BCUT2D eigenvalue weighted by Gasteiger charge is -2.31. The van der Waals surface area contributed by atoms with Crippen LogP contribution in [-0.2, 0) is 12.6 Å². The predicted molar refractivity (Wildman–Crippen MR) is 64.0 cm³/mol. The molecule has 3 N–H and O–H groups in total. The lowest BCUT2D eigenvalue weighted by atomic mass is 9.79. The highest BCUT2D eigenvalue weighted by atomic mass is 19.4. The summed E-state index contributed by atoms with van der Waals surface area (Å²) in [7, 11) is 0. The lowest BCUT2D eigenvalue weighted by molar-refractivity contribution is -0.137. The molecule has 2 atom stereocenters. The van der Waals surface area contributed by atoms with Crippen LogP contribution in [0.2, 0.25) is 0 Å². The van der Waals surface area contributed by atoms with E-state index in [-0.39, 0.29) is 6.54 Å². The van der Waals surface area contributed by atoms with E-state index >= 15 is 0 Å². The Kier molecular flexibility index (Phi) is 4.40. The van der Waals surface area contributed by atoms with Crippen molar-refractivity contribution in [3.8, 4) is 0 Å². The van der Waals surface area contributed by atoms with Crippen molar-refractivity contribution in [3.05, 3.63) is 35.4 Å². The minimum Gasteiger partial charge on any atom is -0.393 e.